The van der Waals surface area contributed by atoms with E-state index in [0.29, 0.717) is 36.8 Å². The van der Waals surface area contributed by atoms with Gasteiger partial charge in [0, 0.05) is 18.5 Å². The lowest BCUT2D eigenvalue weighted by Gasteiger charge is -2.12. The fraction of sp³-hybridized carbons (Fsp3) is 0.263. The van der Waals surface area contributed by atoms with E-state index in [0.717, 1.165) is 23.0 Å². The van der Waals surface area contributed by atoms with E-state index < -0.39 is 11.7 Å². The van der Waals surface area contributed by atoms with Crippen molar-refractivity contribution in [3.05, 3.63) is 59.7 Å². The molecule has 3 aromatic rings. The zero-order valence-corrected chi connectivity index (χ0v) is 14.4. The summed E-state index contributed by atoms with van der Waals surface area (Å²) in [6, 6.07) is 12.7. The van der Waals surface area contributed by atoms with E-state index in [1.807, 2.05) is 24.3 Å². The summed E-state index contributed by atoms with van der Waals surface area (Å²) in [6.07, 6.45) is -3.95. The highest BCUT2D eigenvalue weighted by molar-refractivity contribution is 5.89. The van der Waals surface area contributed by atoms with E-state index in [9.17, 15) is 13.2 Å². The van der Waals surface area contributed by atoms with Gasteiger partial charge >= 0.3 is 6.18 Å². The van der Waals surface area contributed by atoms with Gasteiger partial charge in [0.25, 0.3) is 0 Å². The molecule has 27 heavy (non-hydrogen) atoms. The maximum atomic E-state index is 12.8. The van der Waals surface area contributed by atoms with Crippen LogP contribution >= 0.6 is 0 Å². The van der Waals surface area contributed by atoms with Crippen molar-refractivity contribution in [2.45, 2.75) is 12.6 Å². The molecule has 3 N–H and O–H groups in total. The lowest BCUT2D eigenvalue weighted by Crippen LogP contribution is -2.12. The number of hydrogen-bond donors (Lipinski definition) is 3. The predicted octanol–water partition coefficient (Wildman–Crippen LogP) is 3.71. The first-order valence-electron chi connectivity index (χ1n) is 8.49. The van der Waals surface area contributed by atoms with Crippen LogP contribution in [-0.4, -0.2) is 34.8 Å². The highest BCUT2D eigenvalue weighted by Crippen LogP contribution is 2.29. The van der Waals surface area contributed by atoms with Crippen LogP contribution in [0.4, 0.5) is 24.9 Å². The van der Waals surface area contributed by atoms with Gasteiger partial charge in [-0.05, 0) is 30.2 Å². The molecule has 8 heteroatoms. The van der Waals surface area contributed by atoms with Gasteiger partial charge in [-0.15, -0.1) is 0 Å². The molecule has 0 radical (unpaired) electrons. The van der Waals surface area contributed by atoms with Crippen molar-refractivity contribution in [3.8, 4) is 0 Å². The number of aliphatic hydroxyl groups is 1. The Kier molecular flexibility index (Phi) is 5.75. The number of alkyl halides is 3. The second-order valence-corrected chi connectivity index (χ2v) is 5.94. The molecule has 2 aromatic carbocycles. The minimum Gasteiger partial charge on any atom is -0.395 e. The minimum atomic E-state index is -4.35. The summed E-state index contributed by atoms with van der Waals surface area (Å²) in [6.45, 7) is 0.709. The van der Waals surface area contributed by atoms with Gasteiger partial charge in [-0.1, -0.05) is 30.3 Å². The molecule has 0 aliphatic heterocycles. The molecular formula is C19H19F3N4O. The maximum Gasteiger partial charge on any atom is 0.416 e. The molecular weight excluding hydrogens is 357 g/mol. The molecule has 0 saturated heterocycles. The van der Waals surface area contributed by atoms with E-state index in [1.165, 1.54) is 6.07 Å². The molecule has 1 heterocycles. The Labute approximate surface area is 154 Å². The Bertz CT molecular complexity index is 915. The number of aromatic nitrogens is 2. The van der Waals surface area contributed by atoms with E-state index >= 15 is 0 Å². The molecule has 0 saturated carbocycles. The van der Waals surface area contributed by atoms with Crippen molar-refractivity contribution in [2.24, 2.45) is 0 Å². The van der Waals surface area contributed by atoms with Crippen molar-refractivity contribution in [1.82, 2.24) is 9.97 Å². The number of fused-ring (bicyclic) bond motifs is 1. The van der Waals surface area contributed by atoms with E-state index in [1.54, 1.807) is 6.07 Å². The molecule has 3 rings (SSSR count). The third-order valence-corrected chi connectivity index (χ3v) is 3.96. The third-order valence-electron chi connectivity index (χ3n) is 3.96. The highest BCUT2D eigenvalue weighted by atomic mass is 19.4. The van der Waals surface area contributed by atoms with Crippen molar-refractivity contribution < 1.29 is 18.3 Å². The Morgan fingerprint density at radius 1 is 0.926 bits per heavy atom. The van der Waals surface area contributed by atoms with Gasteiger partial charge in [0.1, 0.15) is 5.82 Å². The quantitative estimate of drug-likeness (QED) is 0.587. The van der Waals surface area contributed by atoms with Crippen LogP contribution in [-0.2, 0) is 12.6 Å². The average molecular weight is 376 g/mol. The third kappa shape index (κ3) is 4.85. The molecule has 5 nitrogen and oxygen atoms in total. The number of para-hydroxylation sites is 1. The maximum absolute atomic E-state index is 12.8. The number of nitrogens with zero attached hydrogens (tertiary/aromatic N) is 2. The van der Waals surface area contributed by atoms with Crippen LogP contribution in [0.25, 0.3) is 10.9 Å². The van der Waals surface area contributed by atoms with E-state index in [-0.39, 0.29) is 6.61 Å². The molecule has 0 amide bonds. The normalized spacial score (nSPS) is 11.6. The number of rotatable bonds is 7. The first-order valence-corrected chi connectivity index (χ1v) is 8.49. The number of benzene rings is 2. The average Bonchev–Trinajstić information content (AvgIpc) is 2.65. The van der Waals surface area contributed by atoms with Gasteiger partial charge in [-0.25, -0.2) is 4.98 Å². The summed E-state index contributed by atoms with van der Waals surface area (Å²) in [5.74, 6) is 0.970. The van der Waals surface area contributed by atoms with Gasteiger partial charge in [-0.2, -0.15) is 18.2 Å². The van der Waals surface area contributed by atoms with Crippen molar-refractivity contribution in [1.29, 1.82) is 0 Å². The van der Waals surface area contributed by atoms with Crippen molar-refractivity contribution >= 4 is 22.7 Å². The zero-order valence-electron chi connectivity index (χ0n) is 14.4. The summed E-state index contributed by atoms with van der Waals surface area (Å²) in [5.41, 5.74) is 0.656. The molecule has 1 aromatic heterocycles. The number of nitrogens with one attached hydrogen (secondary N) is 2. The molecule has 142 valence electrons. The Hall–Kier alpha value is -2.87. The summed E-state index contributed by atoms with van der Waals surface area (Å²) in [7, 11) is 0. The lowest BCUT2D eigenvalue weighted by atomic mass is 10.1. The highest BCUT2D eigenvalue weighted by Gasteiger charge is 2.30. The van der Waals surface area contributed by atoms with Crippen LogP contribution in [0.2, 0.25) is 0 Å². The largest absolute Gasteiger partial charge is 0.416 e. The Balaban J connectivity index is 1.72. The van der Waals surface area contributed by atoms with Gasteiger partial charge in [0.15, 0.2) is 0 Å². The molecule has 0 fully saturated rings. The van der Waals surface area contributed by atoms with Crippen molar-refractivity contribution in [3.63, 3.8) is 0 Å². The summed E-state index contributed by atoms with van der Waals surface area (Å²) in [4.78, 5) is 8.83. The summed E-state index contributed by atoms with van der Waals surface area (Å²) in [5, 5.41) is 15.9. The van der Waals surface area contributed by atoms with Crippen LogP contribution in [0.1, 0.15) is 11.1 Å². The number of aliphatic hydroxyl groups excluding tert-OH is 1. The van der Waals surface area contributed by atoms with Gasteiger partial charge in [0.05, 0.1) is 17.7 Å². The van der Waals surface area contributed by atoms with Crippen LogP contribution < -0.4 is 10.6 Å². The Morgan fingerprint density at radius 3 is 2.52 bits per heavy atom. The standard InChI is InChI=1S/C19H19F3N4O/c20-19(21,22)14-5-3-4-13(12-14)8-9-24-18-25-16-7-2-1-6-15(16)17(26-18)23-10-11-27/h1-7,12,27H,8-11H2,(H2,23,24,25,26). The smallest absolute Gasteiger partial charge is 0.395 e. The van der Waals surface area contributed by atoms with Gasteiger partial charge < -0.3 is 15.7 Å². The molecule has 0 aliphatic rings. The fourth-order valence-corrected chi connectivity index (χ4v) is 2.69. The molecule has 0 bridgehead atoms. The Morgan fingerprint density at radius 2 is 1.74 bits per heavy atom. The van der Waals surface area contributed by atoms with Crippen LogP contribution in [0, 0.1) is 0 Å². The van der Waals surface area contributed by atoms with Gasteiger partial charge in [0.2, 0.25) is 5.95 Å². The molecule has 0 spiro atoms. The molecule has 0 unspecified atom stereocenters. The first-order chi connectivity index (χ1) is 13.0. The van der Waals surface area contributed by atoms with Crippen molar-refractivity contribution in [2.75, 3.05) is 30.3 Å². The summed E-state index contributed by atoms with van der Waals surface area (Å²) >= 11 is 0. The van der Waals surface area contributed by atoms with Crippen LogP contribution in [0.5, 0.6) is 0 Å². The van der Waals surface area contributed by atoms with Crippen LogP contribution in [0.3, 0.4) is 0 Å². The monoisotopic (exact) mass is 376 g/mol. The summed E-state index contributed by atoms with van der Waals surface area (Å²) < 4.78 is 38.4. The predicted molar refractivity (Wildman–Crippen MR) is 98.8 cm³/mol. The minimum absolute atomic E-state index is 0.0311. The number of halogens is 3. The number of hydrogen-bond acceptors (Lipinski definition) is 5. The zero-order chi connectivity index (χ0) is 19.3. The second kappa shape index (κ2) is 8.22. The molecule has 0 atom stereocenters. The molecule has 0 aliphatic carbocycles. The van der Waals surface area contributed by atoms with Gasteiger partial charge in [-0.3, -0.25) is 0 Å². The lowest BCUT2D eigenvalue weighted by molar-refractivity contribution is -0.137. The first kappa shape index (κ1) is 18.9. The second-order valence-electron chi connectivity index (χ2n) is 5.94. The SMILES string of the molecule is OCCNc1nc(NCCc2cccc(C(F)(F)F)c2)nc2ccccc12. The van der Waals surface area contributed by atoms with Crippen LogP contribution in [0.15, 0.2) is 48.5 Å². The number of anilines is 2. The topological polar surface area (TPSA) is 70.1 Å². The van der Waals surface area contributed by atoms with E-state index in [2.05, 4.69) is 20.6 Å². The fourth-order valence-electron chi connectivity index (χ4n) is 2.69. The van der Waals surface area contributed by atoms with E-state index in [4.69, 9.17) is 5.11 Å².